The highest BCUT2D eigenvalue weighted by molar-refractivity contribution is 7.89. The second kappa shape index (κ2) is 8.28. The lowest BCUT2D eigenvalue weighted by molar-refractivity contribution is 0.414. The second-order valence-electron chi connectivity index (χ2n) is 5.47. The van der Waals surface area contributed by atoms with Crippen LogP contribution in [-0.2, 0) is 16.6 Å². The van der Waals surface area contributed by atoms with Crippen molar-refractivity contribution in [1.29, 1.82) is 0 Å². The zero-order valence-corrected chi connectivity index (χ0v) is 15.9. The summed E-state index contributed by atoms with van der Waals surface area (Å²) in [5.74, 6) is 0.778. The molecule has 0 amide bonds. The lowest BCUT2D eigenvalue weighted by Crippen LogP contribution is -2.28. The molecule has 2 aromatic rings. The monoisotopic (exact) mass is 379 g/mol. The molecule has 0 aromatic heterocycles. The largest absolute Gasteiger partial charge is 0.497 e. The minimum absolute atomic E-state index is 0.207. The number of anilines is 1. The maximum absolute atomic E-state index is 12.2. The van der Waals surface area contributed by atoms with Gasteiger partial charge in [0.25, 0.3) is 0 Å². The Balaban J connectivity index is 2.01. The third kappa shape index (κ3) is 5.15. The molecule has 2 rings (SSSR count). The van der Waals surface area contributed by atoms with Crippen molar-refractivity contribution in [3.8, 4) is 5.75 Å². The maximum Gasteiger partial charge on any atom is 0.242 e. The fourth-order valence-electron chi connectivity index (χ4n) is 2.09. The summed E-state index contributed by atoms with van der Waals surface area (Å²) in [6, 6.07) is 14.2. The smallest absolute Gasteiger partial charge is 0.242 e. The van der Waals surface area contributed by atoms with Crippen LogP contribution in [0.1, 0.15) is 5.56 Å². The molecule has 0 spiro atoms. The molecule has 0 aliphatic heterocycles. The van der Waals surface area contributed by atoms with Crippen LogP contribution in [0.3, 0.4) is 0 Å². The summed E-state index contributed by atoms with van der Waals surface area (Å²) < 4.78 is 30.7. The fourth-order valence-corrected chi connectivity index (χ4v) is 3.22. The van der Waals surface area contributed by atoms with Crippen LogP contribution in [-0.4, -0.2) is 39.0 Å². The van der Waals surface area contributed by atoms with Crippen molar-refractivity contribution in [2.45, 2.75) is 11.4 Å². The number of thiocarbonyl (C=S) groups is 1. The summed E-state index contributed by atoms with van der Waals surface area (Å²) in [7, 11) is 1.13. The molecule has 2 aromatic carbocycles. The Morgan fingerprint density at radius 2 is 1.88 bits per heavy atom. The number of ether oxygens (including phenoxy) is 1. The highest BCUT2D eigenvalue weighted by Crippen LogP contribution is 2.18. The van der Waals surface area contributed by atoms with E-state index in [-0.39, 0.29) is 4.90 Å². The van der Waals surface area contributed by atoms with Crippen molar-refractivity contribution in [3.05, 3.63) is 54.1 Å². The first-order valence-corrected chi connectivity index (χ1v) is 9.38. The normalized spacial score (nSPS) is 11.2. The van der Waals surface area contributed by atoms with Gasteiger partial charge >= 0.3 is 0 Å². The van der Waals surface area contributed by atoms with Crippen LogP contribution in [0.15, 0.2) is 53.4 Å². The van der Waals surface area contributed by atoms with Crippen molar-refractivity contribution in [3.63, 3.8) is 0 Å². The number of hydrogen-bond acceptors (Lipinski definition) is 4. The van der Waals surface area contributed by atoms with Gasteiger partial charge in [-0.25, -0.2) is 12.7 Å². The highest BCUT2D eigenvalue weighted by atomic mass is 32.2. The number of sulfonamides is 1. The summed E-state index contributed by atoms with van der Waals surface area (Å²) in [4.78, 5) is 0.207. The Morgan fingerprint density at radius 3 is 2.56 bits per heavy atom. The molecule has 25 heavy (non-hydrogen) atoms. The van der Waals surface area contributed by atoms with E-state index in [9.17, 15) is 8.42 Å². The molecule has 0 unspecified atom stereocenters. The van der Waals surface area contributed by atoms with Crippen LogP contribution in [0.2, 0.25) is 0 Å². The van der Waals surface area contributed by atoms with E-state index in [1.54, 1.807) is 31.4 Å². The Kier molecular flexibility index (Phi) is 6.35. The average Bonchev–Trinajstić information content (AvgIpc) is 2.60. The molecule has 0 saturated carbocycles. The molecule has 134 valence electrons. The molecule has 0 heterocycles. The van der Waals surface area contributed by atoms with Gasteiger partial charge in [-0.15, -0.1) is 0 Å². The Hall–Kier alpha value is -2.16. The van der Waals surface area contributed by atoms with Crippen LogP contribution >= 0.6 is 12.2 Å². The summed E-state index contributed by atoms with van der Waals surface area (Å²) in [6.45, 7) is 0.527. The zero-order chi connectivity index (χ0) is 18.4. The summed E-state index contributed by atoms with van der Waals surface area (Å²) >= 11 is 5.27. The second-order valence-corrected chi connectivity index (χ2v) is 8.03. The van der Waals surface area contributed by atoms with Gasteiger partial charge in [0, 0.05) is 26.3 Å². The van der Waals surface area contributed by atoms with Gasteiger partial charge in [0.2, 0.25) is 10.0 Å². The third-order valence-electron chi connectivity index (χ3n) is 3.46. The number of nitrogens with zero attached hydrogens (tertiary/aromatic N) is 1. The van der Waals surface area contributed by atoms with Crippen LogP contribution in [0.5, 0.6) is 5.75 Å². The number of methoxy groups -OCH3 is 1. The number of rotatable bonds is 6. The molecule has 6 nitrogen and oxygen atoms in total. The van der Waals surface area contributed by atoms with Gasteiger partial charge in [-0.3, -0.25) is 0 Å². The quantitative estimate of drug-likeness (QED) is 0.751. The fraction of sp³-hybridized carbons (Fsp3) is 0.235. The molecule has 0 aliphatic rings. The minimum atomic E-state index is -3.48. The van der Waals surface area contributed by atoms with Crippen LogP contribution < -0.4 is 15.4 Å². The van der Waals surface area contributed by atoms with Gasteiger partial charge in [0.1, 0.15) is 5.75 Å². The van der Waals surface area contributed by atoms with Gasteiger partial charge in [0.15, 0.2) is 5.11 Å². The number of benzene rings is 2. The molecule has 2 N–H and O–H groups in total. The maximum atomic E-state index is 12.2. The van der Waals surface area contributed by atoms with Crippen LogP contribution in [0.4, 0.5) is 5.69 Å². The third-order valence-corrected chi connectivity index (χ3v) is 5.52. The Morgan fingerprint density at radius 1 is 1.16 bits per heavy atom. The van der Waals surface area contributed by atoms with E-state index in [4.69, 9.17) is 17.0 Å². The van der Waals surface area contributed by atoms with E-state index in [0.717, 1.165) is 11.3 Å². The molecule has 0 aliphatic carbocycles. The summed E-state index contributed by atoms with van der Waals surface area (Å²) in [5.41, 5.74) is 1.62. The lowest BCUT2D eigenvalue weighted by Gasteiger charge is -2.14. The van der Waals surface area contributed by atoms with Crippen molar-refractivity contribution < 1.29 is 13.2 Å². The van der Waals surface area contributed by atoms with Gasteiger partial charge in [-0.1, -0.05) is 18.2 Å². The Bertz CT molecular complexity index is 852. The summed E-state index contributed by atoms with van der Waals surface area (Å²) in [6.07, 6.45) is 0. The molecule has 0 bridgehead atoms. The highest BCUT2D eigenvalue weighted by Gasteiger charge is 2.17. The minimum Gasteiger partial charge on any atom is -0.497 e. The number of nitrogens with one attached hydrogen (secondary N) is 2. The predicted molar refractivity (Wildman–Crippen MR) is 103 cm³/mol. The van der Waals surface area contributed by atoms with E-state index in [1.165, 1.54) is 18.4 Å². The first-order valence-electron chi connectivity index (χ1n) is 7.53. The van der Waals surface area contributed by atoms with Crippen LogP contribution in [0.25, 0.3) is 0 Å². The van der Waals surface area contributed by atoms with Gasteiger partial charge in [-0.2, -0.15) is 0 Å². The van der Waals surface area contributed by atoms with Gasteiger partial charge in [-0.05, 0) is 48.1 Å². The van der Waals surface area contributed by atoms with Gasteiger partial charge < -0.3 is 15.4 Å². The van der Waals surface area contributed by atoms with E-state index >= 15 is 0 Å². The first-order chi connectivity index (χ1) is 11.8. The standard InChI is InChI=1S/C17H21N3O3S2/c1-20(2)25(21,22)16-9-5-7-14(11-16)19-17(24)18-12-13-6-4-8-15(10-13)23-3/h4-11H,12H2,1-3H3,(H2,18,19,24). The first kappa shape index (κ1) is 19.2. The molecule has 0 fully saturated rings. The average molecular weight is 380 g/mol. The van der Waals surface area contributed by atoms with Crippen LogP contribution in [0, 0.1) is 0 Å². The van der Waals surface area contributed by atoms with Crippen molar-refractivity contribution in [2.75, 3.05) is 26.5 Å². The molecular weight excluding hydrogens is 358 g/mol. The van der Waals surface area contributed by atoms with E-state index in [0.29, 0.717) is 17.3 Å². The molecule has 8 heteroatoms. The lowest BCUT2D eigenvalue weighted by atomic mass is 10.2. The predicted octanol–water partition coefficient (Wildman–Crippen LogP) is 2.43. The molecule has 0 radical (unpaired) electrons. The SMILES string of the molecule is COc1cccc(CNC(=S)Nc2cccc(S(=O)(=O)N(C)C)c2)c1. The van der Waals surface area contributed by atoms with E-state index in [2.05, 4.69) is 10.6 Å². The molecule has 0 atom stereocenters. The van der Waals surface area contributed by atoms with Crippen molar-refractivity contribution in [2.24, 2.45) is 0 Å². The molecular formula is C17H21N3O3S2. The van der Waals surface area contributed by atoms with E-state index < -0.39 is 10.0 Å². The Labute approximate surface area is 153 Å². The van der Waals surface area contributed by atoms with Crippen molar-refractivity contribution in [1.82, 2.24) is 9.62 Å². The van der Waals surface area contributed by atoms with E-state index in [1.807, 2.05) is 24.3 Å². The van der Waals surface area contributed by atoms with Gasteiger partial charge in [0.05, 0.1) is 12.0 Å². The molecule has 0 saturated heterocycles. The zero-order valence-electron chi connectivity index (χ0n) is 14.3. The van der Waals surface area contributed by atoms with Crippen molar-refractivity contribution >= 4 is 33.0 Å². The topological polar surface area (TPSA) is 70.7 Å². The number of hydrogen-bond donors (Lipinski definition) is 2. The summed E-state index contributed by atoms with van der Waals surface area (Å²) in [5, 5.41) is 6.49.